The van der Waals surface area contributed by atoms with Gasteiger partial charge in [0.25, 0.3) is 0 Å². The molecule has 2 aromatic rings. The molecule has 1 N–H and O–H groups in total. The van der Waals surface area contributed by atoms with Crippen molar-refractivity contribution in [2.45, 2.75) is 19.9 Å². The second-order valence-corrected chi connectivity index (χ2v) is 5.52. The van der Waals surface area contributed by atoms with Gasteiger partial charge in [-0.15, -0.1) is 0 Å². The number of ether oxygens (including phenoxy) is 1. The van der Waals surface area contributed by atoms with Crippen molar-refractivity contribution in [3.63, 3.8) is 0 Å². The van der Waals surface area contributed by atoms with Gasteiger partial charge in [-0.05, 0) is 54.9 Å². The number of halogens is 2. The predicted molar refractivity (Wildman–Crippen MR) is 87.2 cm³/mol. The number of nitrogens with one attached hydrogen (secondary N) is 1. The molecule has 0 saturated carbocycles. The van der Waals surface area contributed by atoms with Crippen LogP contribution in [-0.4, -0.2) is 13.2 Å². The van der Waals surface area contributed by atoms with Crippen LogP contribution in [0.25, 0.3) is 0 Å². The minimum absolute atomic E-state index is 0.0829. The van der Waals surface area contributed by atoms with E-state index in [0.29, 0.717) is 6.61 Å². The molecule has 2 rings (SSSR count). The van der Waals surface area contributed by atoms with Gasteiger partial charge in [-0.1, -0.05) is 35.0 Å². The number of rotatable bonds is 6. The molecule has 0 saturated heterocycles. The normalized spacial score (nSPS) is 12.2. The van der Waals surface area contributed by atoms with Crippen LogP contribution in [-0.2, 0) is 0 Å². The first-order valence-corrected chi connectivity index (χ1v) is 7.86. The summed E-state index contributed by atoms with van der Waals surface area (Å²) in [6, 6.07) is 12.6. The first-order valence-electron chi connectivity index (χ1n) is 7.06. The van der Waals surface area contributed by atoms with E-state index in [4.69, 9.17) is 4.74 Å². The molecule has 0 spiro atoms. The van der Waals surface area contributed by atoms with Crippen LogP contribution in [0.5, 0.6) is 5.75 Å². The minimum Gasteiger partial charge on any atom is -0.494 e. The monoisotopic (exact) mass is 351 g/mol. The van der Waals surface area contributed by atoms with Gasteiger partial charge >= 0.3 is 0 Å². The fraction of sp³-hybridized carbons (Fsp3) is 0.294. The zero-order chi connectivity index (χ0) is 15.2. The lowest BCUT2D eigenvalue weighted by Gasteiger charge is -2.21. The lowest BCUT2D eigenvalue weighted by molar-refractivity contribution is 0.339. The van der Waals surface area contributed by atoms with Gasteiger partial charge < -0.3 is 10.1 Å². The summed E-state index contributed by atoms with van der Waals surface area (Å²) in [6.07, 6.45) is 0. The summed E-state index contributed by atoms with van der Waals surface area (Å²) in [4.78, 5) is 0. The molecular formula is C17H19BrFNO. The van der Waals surface area contributed by atoms with E-state index in [1.165, 1.54) is 6.07 Å². The zero-order valence-electron chi connectivity index (χ0n) is 12.2. The first kappa shape index (κ1) is 16.0. The van der Waals surface area contributed by atoms with Crippen molar-refractivity contribution >= 4 is 15.9 Å². The van der Waals surface area contributed by atoms with Gasteiger partial charge in [0, 0.05) is 4.47 Å². The zero-order valence-corrected chi connectivity index (χ0v) is 13.8. The summed E-state index contributed by atoms with van der Waals surface area (Å²) < 4.78 is 20.0. The summed E-state index contributed by atoms with van der Waals surface area (Å²) in [5.41, 5.74) is 1.93. The van der Waals surface area contributed by atoms with Gasteiger partial charge in [0.2, 0.25) is 0 Å². The third-order valence-electron chi connectivity index (χ3n) is 3.18. The molecule has 112 valence electrons. The van der Waals surface area contributed by atoms with Crippen molar-refractivity contribution in [2.75, 3.05) is 13.2 Å². The van der Waals surface area contributed by atoms with Crippen LogP contribution in [0.4, 0.5) is 4.39 Å². The third-order valence-corrected chi connectivity index (χ3v) is 3.90. The fourth-order valence-corrected chi connectivity index (χ4v) is 2.77. The van der Waals surface area contributed by atoms with Crippen molar-refractivity contribution in [1.29, 1.82) is 0 Å². The molecule has 0 amide bonds. The Morgan fingerprint density at radius 3 is 2.71 bits per heavy atom. The first-order chi connectivity index (χ1) is 10.2. The largest absolute Gasteiger partial charge is 0.494 e. The van der Waals surface area contributed by atoms with Crippen LogP contribution in [0.15, 0.2) is 46.9 Å². The molecule has 0 heterocycles. The van der Waals surface area contributed by atoms with E-state index in [1.54, 1.807) is 12.1 Å². The van der Waals surface area contributed by atoms with Gasteiger partial charge in [0.15, 0.2) is 0 Å². The molecule has 0 bridgehead atoms. The molecular weight excluding hydrogens is 333 g/mol. The average Bonchev–Trinajstić information content (AvgIpc) is 2.48. The SMILES string of the molecule is CCNC(c1cccc(OCC)c1)c1cc(F)ccc1Br. The van der Waals surface area contributed by atoms with Crippen LogP contribution in [0.3, 0.4) is 0 Å². The molecule has 1 unspecified atom stereocenters. The Labute approximate surface area is 133 Å². The molecule has 0 aliphatic carbocycles. The average molecular weight is 352 g/mol. The second kappa shape index (κ2) is 7.57. The summed E-state index contributed by atoms with van der Waals surface area (Å²) in [6.45, 7) is 5.40. The van der Waals surface area contributed by atoms with Crippen LogP contribution in [0.2, 0.25) is 0 Å². The van der Waals surface area contributed by atoms with Gasteiger partial charge in [-0.3, -0.25) is 0 Å². The van der Waals surface area contributed by atoms with E-state index in [0.717, 1.165) is 27.9 Å². The maximum Gasteiger partial charge on any atom is 0.123 e. The highest BCUT2D eigenvalue weighted by Crippen LogP contribution is 2.31. The standard InChI is InChI=1S/C17H19BrFNO/c1-3-20-17(15-11-13(19)8-9-16(15)18)12-6-5-7-14(10-12)21-4-2/h5-11,17,20H,3-4H2,1-2H3. The Balaban J connectivity index is 2.42. The van der Waals surface area contributed by atoms with E-state index in [2.05, 4.69) is 21.2 Å². The highest BCUT2D eigenvalue weighted by molar-refractivity contribution is 9.10. The van der Waals surface area contributed by atoms with E-state index in [9.17, 15) is 4.39 Å². The molecule has 0 aliphatic heterocycles. The van der Waals surface area contributed by atoms with Gasteiger partial charge in [-0.25, -0.2) is 4.39 Å². The summed E-state index contributed by atoms with van der Waals surface area (Å²) in [7, 11) is 0. The molecule has 1 atom stereocenters. The maximum atomic E-state index is 13.6. The van der Waals surface area contributed by atoms with E-state index < -0.39 is 0 Å². The van der Waals surface area contributed by atoms with Crippen molar-refractivity contribution < 1.29 is 9.13 Å². The van der Waals surface area contributed by atoms with Crippen LogP contribution in [0.1, 0.15) is 31.0 Å². The molecule has 21 heavy (non-hydrogen) atoms. The Kier molecular flexibility index (Phi) is 5.76. The summed E-state index contributed by atoms with van der Waals surface area (Å²) in [5, 5.41) is 3.40. The second-order valence-electron chi connectivity index (χ2n) is 4.66. The molecule has 2 nitrogen and oxygen atoms in total. The minimum atomic E-state index is -0.239. The Morgan fingerprint density at radius 1 is 1.19 bits per heavy atom. The van der Waals surface area contributed by atoms with Gasteiger partial charge in [-0.2, -0.15) is 0 Å². The van der Waals surface area contributed by atoms with Gasteiger partial charge in [0.05, 0.1) is 12.6 Å². The maximum absolute atomic E-state index is 13.6. The van der Waals surface area contributed by atoms with Crippen LogP contribution in [0, 0.1) is 5.82 Å². The van der Waals surface area contributed by atoms with Gasteiger partial charge in [0.1, 0.15) is 11.6 Å². The quantitative estimate of drug-likeness (QED) is 0.815. The Hall–Kier alpha value is -1.39. The van der Waals surface area contributed by atoms with E-state index in [1.807, 2.05) is 38.1 Å². The molecule has 0 aromatic heterocycles. The van der Waals surface area contributed by atoms with Crippen molar-refractivity contribution in [1.82, 2.24) is 5.32 Å². The summed E-state index contributed by atoms with van der Waals surface area (Å²) >= 11 is 3.51. The van der Waals surface area contributed by atoms with Crippen LogP contribution < -0.4 is 10.1 Å². The number of benzene rings is 2. The Bertz CT molecular complexity index is 603. The van der Waals surface area contributed by atoms with Crippen molar-refractivity contribution in [2.24, 2.45) is 0 Å². The highest BCUT2D eigenvalue weighted by Gasteiger charge is 2.17. The molecule has 4 heteroatoms. The highest BCUT2D eigenvalue weighted by atomic mass is 79.9. The number of hydrogen-bond acceptors (Lipinski definition) is 2. The molecule has 0 aliphatic rings. The molecule has 0 fully saturated rings. The summed E-state index contributed by atoms with van der Waals surface area (Å²) in [5.74, 6) is 0.586. The molecule has 2 aromatic carbocycles. The third kappa shape index (κ3) is 4.05. The topological polar surface area (TPSA) is 21.3 Å². The van der Waals surface area contributed by atoms with E-state index >= 15 is 0 Å². The smallest absolute Gasteiger partial charge is 0.123 e. The Morgan fingerprint density at radius 2 is 2.00 bits per heavy atom. The van der Waals surface area contributed by atoms with E-state index in [-0.39, 0.29) is 11.9 Å². The lowest BCUT2D eigenvalue weighted by Crippen LogP contribution is -2.22. The molecule has 0 radical (unpaired) electrons. The fourth-order valence-electron chi connectivity index (χ4n) is 2.30. The van der Waals surface area contributed by atoms with Crippen molar-refractivity contribution in [3.8, 4) is 5.75 Å². The lowest BCUT2D eigenvalue weighted by atomic mass is 9.98. The predicted octanol–water partition coefficient (Wildman–Crippen LogP) is 4.69. The van der Waals surface area contributed by atoms with Crippen LogP contribution >= 0.6 is 15.9 Å². The number of hydrogen-bond donors (Lipinski definition) is 1. The van der Waals surface area contributed by atoms with Crippen molar-refractivity contribution in [3.05, 3.63) is 63.9 Å².